The first-order valence-corrected chi connectivity index (χ1v) is 11.6. The van der Waals surface area contributed by atoms with Crippen molar-refractivity contribution in [2.75, 3.05) is 39.4 Å². The fourth-order valence-corrected chi connectivity index (χ4v) is 4.82. The summed E-state index contributed by atoms with van der Waals surface area (Å²) in [7, 11) is 0. The number of nitrogens with zero attached hydrogens (tertiary/aromatic N) is 2. The van der Waals surface area contributed by atoms with Gasteiger partial charge in [-0.05, 0) is 42.8 Å². The predicted octanol–water partition coefficient (Wildman–Crippen LogP) is 4.31. The predicted molar refractivity (Wildman–Crippen MR) is 128 cm³/mol. The van der Waals surface area contributed by atoms with Crippen LogP contribution in [0.5, 0.6) is 0 Å². The molecule has 0 bridgehead atoms. The molecule has 2 aliphatic heterocycles. The van der Waals surface area contributed by atoms with E-state index >= 15 is 0 Å². The molecule has 2 aromatic carbocycles. The number of ketones is 1. The molecule has 3 aromatic rings. The van der Waals surface area contributed by atoms with Crippen molar-refractivity contribution in [1.82, 2.24) is 9.80 Å². The van der Waals surface area contributed by atoms with E-state index in [1.165, 1.54) is 4.90 Å². The van der Waals surface area contributed by atoms with Crippen molar-refractivity contribution < 1.29 is 23.8 Å². The number of hydrogen-bond donors (Lipinski definition) is 1. The van der Waals surface area contributed by atoms with Crippen LogP contribution in [-0.2, 0) is 9.53 Å². The largest absolute Gasteiger partial charge is 0.503 e. The minimum Gasteiger partial charge on any atom is -0.503 e. The van der Waals surface area contributed by atoms with Crippen LogP contribution in [0.25, 0.3) is 11.0 Å². The van der Waals surface area contributed by atoms with Crippen LogP contribution in [0.1, 0.15) is 27.7 Å². The van der Waals surface area contributed by atoms with E-state index in [9.17, 15) is 14.7 Å². The third kappa shape index (κ3) is 4.22. The van der Waals surface area contributed by atoms with Gasteiger partial charge in [0.25, 0.3) is 5.91 Å². The second-order valence-corrected chi connectivity index (χ2v) is 9.09. The number of carbonyl (C=O) groups is 2. The van der Waals surface area contributed by atoms with Crippen LogP contribution in [0, 0.1) is 6.92 Å². The number of benzene rings is 2. The number of furan rings is 1. The Hall–Kier alpha value is -3.13. The van der Waals surface area contributed by atoms with Gasteiger partial charge in [0.15, 0.2) is 11.5 Å². The zero-order chi connectivity index (χ0) is 23.8. The highest BCUT2D eigenvalue weighted by Gasteiger charge is 2.44. The second-order valence-electron chi connectivity index (χ2n) is 8.65. The zero-order valence-corrected chi connectivity index (χ0v) is 19.5. The highest BCUT2D eigenvalue weighted by Crippen LogP contribution is 2.40. The van der Waals surface area contributed by atoms with Crippen LogP contribution in [0.3, 0.4) is 0 Å². The maximum absolute atomic E-state index is 13.6. The minimum absolute atomic E-state index is 0.00465. The number of morpholine rings is 1. The summed E-state index contributed by atoms with van der Waals surface area (Å²) in [6.45, 7) is 5.73. The van der Waals surface area contributed by atoms with Gasteiger partial charge in [-0.1, -0.05) is 35.4 Å². The van der Waals surface area contributed by atoms with Crippen LogP contribution >= 0.6 is 11.6 Å². The molecule has 1 amide bonds. The summed E-state index contributed by atoms with van der Waals surface area (Å²) in [5.41, 5.74) is 2.27. The summed E-state index contributed by atoms with van der Waals surface area (Å²) in [6, 6.07) is 13.5. The van der Waals surface area contributed by atoms with E-state index in [0.717, 1.165) is 24.0 Å². The number of fused-ring (bicyclic) bond motifs is 1. The molecule has 1 atom stereocenters. The van der Waals surface area contributed by atoms with Crippen molar-refractivity contribution in [1.29, 1.82) is 0 Å². The molecule has 1 fully saturated rings. The average molecular weight is 481 g/mol. The number of carbonyl (C=O) groups excluding carboxylic acids is 2. The summed E-state index contributed by atoms with van der Waals surface area (Å²) < 4.78 is 11.2. The van der Waals surface area contributed by atoms with Gasteiger partial charge in [-0.15, -0.1) is 0 Å². The Kier molecular flexibility index (Phi) is 6.16. The first-order valence-electron chi connectivity index (χ1n) is 11.3. The van der Waals surface area contributed by atoms with Crippen LogP contribution in [0.2, 0.25) is 5.02 Å². The Bertz CT molecular complexity index is 1290. The molecule has 1 saturated heterocycles. The number of amides is 1. The van der Waals surface area contributed by atoms with Gasteiger partial charge in [-0.3, -0.25) is 14.5 Å². The summed E-state index contributed by atoms with van der Waals surface area (Å²) in [6.07, 6.45) is 0. The van der Waals surface area contributed by atoms with E-state index in [2.05, 4.69) is 4.90 Å². The lowest BCUT2D eigenvalue weighted by Crippen LogP contribution is -2.43. The molecular weight excluding hydrogens is 456 g/mol. The van der Waals surface area contributed by atoms with E-state index in [1.54, 1.807) is 36.4 Å². The lowest BCUT2D eigenvalue weighted by molar-refractivity contribution is -0.129. The van der Waals surface area contributed by atoms with Crippen LogP contribution < -0.4 is 0 Å². The summed E-state index contributed by atoms with van der Waals surface area (Å²) in [5, 5.41) is 12.1. The van der Waals surface area contributed by atoms with Gasteiger partial charge in [0.2, 0.25) is 5.78 Å². The highest BCUT2D eigenvalue weighted by atomic mass is 35.5. The SMILES string of the molecule is Cc1ccc2oc(C(=O)C3=C(O)C(=O)N(CCN4CCOCC4)C3c3cccc(Cl)c3)cc2c1. The van der Waals surface area contributed by atoms with E-state index in [-0.39, 0.29) is 11.3 Å². The summed E-state index contributed by atoms with van der Waals surface area (Å²) >= 11 is 6.25. The van der Waals surface area contributed by atoms with Gasteiger partial charge >= 0.3 is 0 Å². The van der Waals surface area contributed by atoms with Crippen molar-refractivity contribution in [2.24, 2.45) is 0 Å². The lowest BCUT2D eigenvalue weighted by Gasteiger charge is -2.31. The van der Waals surface area contributed by atoms with Gasteiger partial charge in [0.1, 0.15) is 5.58 Å². The van der Waals surface area contributed by atoms with Gasteiger partial charge in [0.05, 0.1) is 24.8 Å². The number of hydrogen-bond acceptors (Lipinski definition) is 6. The van der Waals surface area contributed by atoms with Crippen molar-refractivity contribution in [3.05, 3.63) is 81.8 Å². The molecule has 1 unspecified atom stereocenters. The number of ether oxygens (including phenoxy) is 1. The molecule has 7 nitrogen and oxygen atoms in total. The van der Waals surface area contributed by atoms with Crippen LogP contribution in [0.4, 0.5) is 0 Å². The summed E-state index contributed by atoms with van der Waals surface area (Å²) in [5.74, 6) is -1.56. The van der Waals surface area contributed by atoms with E-state index in [0.29, 0.717) is 42.5 Å². The number of aryl methyl sites for hydroxylation is 1. The van der Waals surface area contributed by atoms with Gasteiger partial charge in [-0.25, -0.2) is 0 Å². The molecule has 2 aliphatic rings. The molecular formula is C26H25ClN2O5. The Morgan fingerprint density at radius 1 is 1.12 bits per heavy atom. The third-order valence-electron chi connectivity index (χ3n) is 6.37. The molecule has 0 spiro atoms. The van der Waals surface area contributed by atoms with Gasteiger partial charge in [-0.2, -0.15) is 0 Å². The zero-order valence-electron chi connectivity index (χ0n) is 18.8. The van der Waals surface area contributed by atoms with E-state index < -0.39 is 23.5 Å². The molecule has 0 saturated carbocycles. The molecule has 176 valence electrons. The molecule has 3 heterocycles. The first-order chi connectivity index (χ1) is 16.4. The Morgan fingerprint density at radius 3 is 2.68 bits per heavy atom. The topological polar surface area (TPSA) is 83.2 Å². The maximum Gasteiger partial charge on any atom is 0.290 e. The lowest BCUT2D eigenvalue weighted by atomic mass is 9.95. The normalized spacial score (nSPS) is 19.4. The number of aliphatic hydroxyl groups is 1. The molecule has 1 N–H and O–H groups in total. The number of aliphatic hydroxyl groups excluding tert-OH is 1. The number of halogens is 1. The van der Waals surface area contributed by atoms with Crippen molar-refractivity contribution in [2.45, 2.75) is 13.0 Å². The second kappa shape index (κ2) is 9.25. The monoisotopic (exact) mass is 480 g/mol. The fourth-order valence-electron chi connectivity index (χ4n) is 4.62. The van der Waals surface area contributed by atoms with Gasteiger partial charge < -0.3 is 19.2 Å². The third-order valence-corrected chi connectivity index (χ3v) is 6.60. The van der Waals surface area contributed by atoms with Crippen LogP contribution in [-0.4, -0.2) is 66.0 Å². The quantitative estimate of drug-likeness (QED) is 0.529. The Labute approximate surface area is 202 Å². The van der Waals surface area contributed by atoms with Crippen molar-refractivity contribution >= 4 is 34.3 Å². The maximum atomic E-state index is 13.6. The number of rotatable bonds is 6. The van der Waals surface area contributed by atoms with E-state index in [1.807, 2.05) is 19.1 Å². The van der Waals surface area contributed by atoms with Crippen LogP contribution in [0.15, 0.2) is 64.3 Å². The smallest absolute Gasteiger partial charge is 0.290 e. The van der Waals surface area contributed by atoms with E-state index in [4.69, 9.17) is 20.8 Å². The standard InChI is InChI=1S/C26H25ClN2O5/c1-16-5-6-20-18(13-16)15-21(34-20)24(30)22-23(17-3-2-4-19(27)14-17)29(26(32)25(22)31)8-7-28-9-11-33-12-10-28/h2-6,13-15,23,31H,7-12H2,1H3. The summed E-state index contributed by atoms with van der Waals surface area (Å²) in [4.78, 5) is 30.5. The molecule has 0 aliphatic carbocycles. The molecule has 34 heavy (non-hydrogen) atoms. The molecule has 5 rings (SSSR count). The molecule has 0 radical (unpaired) electrons. The molecule has 8 heteroatoms. The average Bonchev–Trinajstić information content (AvgIpc) is 3.36. The highest BCUT2D eigenvalue weighted by molar-refractivity contribution is 6.30. The van der Waals surface area contributed by atoms with Crippen molar-refractivity contribution in [3.63, 3.8) is 0 Å². The Balaban J connectivity index is 1.51. The first kappa shape index (κ1) is 22.7. The molecule has 1 aromatic heterocycles. The van der Waals surface area contributed by atoms with Gasteiger partial charge in [0, 0.05) is 36.6 Å². The minimum atomic E-state index is -0.769. The number of Topliss-reactive ketones (excluding diaryl/α,β-unsaturated/α-hetero) is 1. The fraction of sp³-hybridized carbons (Fsp3) is 0.308. The Morgan fingerprint density at radius 2 is 1.91 bits per heavy atom. The van der Waals surface area contributed by atoms with Crippen molar-refractivity contribution in [3.8, 4) is 0 Å².